The summed E-state index contributed by atoms with van der Waals surface area (Å²) in [5.41, 5.74) is 2.54. The van der Waals surface area contributed by atoms with Gasteiger partial charge >= 0.3 is 0 Å². The lowest BCUT2D eigenvalue weighted by Crippen LogP contribution is -2.24. The van der Waals surface area contributed by atoms with E-state index in [0.29, 0.717) is 0 Å². The lowest BCUT2D eigenvalue weighted by atomic mass is 10.0. The Hall–Kier alpha value is -1.88. The topological polar surface area (TPSA) is 52.0 Å². The summed E-state index contributed by atoms with van der Waals surface area (Å²) < 4.78 is 7.71. The first-order chi connectivity index (χ1) is 9.62. The maximum atomic E-state index is 5.88. The molecule has 5 heteroatoms. The van der Waals surface area contributed by atoms with Gasteiger partial charge in [-0.25, -0.2) is 0 Å². The molecule has 5 nitrogen and oxygen atoms in total. The number of hydrogen-bond acceptors (Lipinski definition) is 4. The Balaban J connectivity index is 1.52. The second kappa shape index (κ2) is 5.25. The summed E-state index contributed by atoms with van der Waals surface area (Å²) in [6, 6.07) is 6.45. The van der Waals surface area contributed by atoms with Crippen LogP contribution >= 0.6 is 0 Å². The first-order valence-electron chi connectivity index (χ1n) is 6.98. The monoisotopic (exact) mass is 272 g/mol. The molecule has 0 saturated heterocycles. The van der Waals surface area contributed by atoms with Crippen LogP contribution in [0.4, 0.5) is 0 Å². The fourth-order valence-electron chi connectivity index (χ4n) is 2.55. The van der Waals surface area contributed by atoms with Crippen LogP contribution in [0.25, 0.3) is 0 Å². The van der Waals surface area contributed by atoms with E-state index in [1.807, 2.05) is 10.9 Å². The van der Waals surface area contributed by atoms with Gasteiger partial charge in [0.1, 0.15) is 11.4 Å². The lowest BCUT2D eigenvalue weighted by Gasteiger charge is -2.16. The van der Waals surface area contributed by atoms with Crippen LogP contribution in [0.3, 0.4) is 0 Å². The largest absolute Gasteiger partial charge is 0.487 e. The van der Waals surface area contributed by atoms with Gasteiger partial charge in [-0.2, -0.15) is 0 Å². The van der Waals surface area contributed by atoms with Gasteiger partial charge in [0.15, 0.2) is 0 Å². The Kier molecular flexibility index (Phi) is 3.44. The van der Waals surface area contributed by atoms with Crippen LogP contribution in [0.15, 0.2) is 30.6 Å². The number of nitrogens with one attached hydrogen (secondary N) is 1. The Bertz CT molecular complexity index is 578. The summed E-state index contributed by atoms with van der Waals surface area (Å²) in [7, 11) is 0. The first-order valence-corrected chi connectivity index (χ1v) is 6.98. The van der Waals surface area contributed by atoms with Crippen molar-refractivity contribution in [3.05, 3.63) is 41.7 Å². The molecule has 2 aromatic rings. The van der Waals surface area contributed by atoms with E-state index < -0.39 is 0 Å². The summed E-state index contributed by atoms with van der Waals surface area (Å²) in [5.74, 6) is 1.03. The van der Waals surface area contributed by atoms with Crippen LogP contribution < -0.4 is 10.1 Å². The van der Waals surface area contributed by atoms with Crippen molar-refractivity contribution in [3.8, 4) is 5.75 Å². The van der Waals surface area contributed by atoms with Crippen molar-refractivity contribution in [3.63, 3.8) is 0 Å². The minimum Gasteiger partial charge on any atom is -0.487 e. The molecule has 0 atom stereocenters. The molecule has 0 spiro atoms. The van der Waals surface area contributed by atoms with Gasteiger partial charge < -0.3 is 10.1 Å². The van der Waals surface area contributed by atoms with Gasteiger partial charge in [-0.3, -0.25) is 4.68 Å². The molecule has 0 saturated carbocycles. The molecular weight excluding hydrogens is 252 g/mol. The normalized spacial score (nSPS) is 15.9. The highest BCUT2D eigenvalue weighted by atomic mass is 16.5. The molecule has 2 heterocycles. The lowest BCUT2D eigenvalue weighted by molar-refractivity contribution is 0.138. The van der Waals surface area contributed by atoms with E-state index in [9.17, 15) is 0 Å². The van der Waals surface area contributed by atoms with Crippen molar-refractivity contribution in [2.24, 2.45) is 0 Å². The second-order valence-corrected chi connectivity index (χ2v) is 5.82. The summed E-state index contributed by atoms with van der Waals surface area (Å²) in [6.45, 7) is 6.83. The predicted molar refractivity (Wildman–Crippen MR) is 76.6 cm³/mol. The molecule has 1 aromatic heterocycles. The SMILES string of the molecule is CC1(C)Cc2cc(CNCCn3ccnn3)ccc2O1. The quantitative estimate of drug-likeness (QED) is 0.843. The molecule has 1 N–H and O–H groups in total. The van der Waals surface area contributed by atoms with Crippen molar-refractivity contribution in [2.75, 3.05) is 6.54 Å². The fourth-order valence-corrected chi connectivity index (χ4v) is 2.55. The van der Waals surface area contributed by atoms with Gasteiger partial charge in [-0.05, 0) is 31.0 Å². The molecule has 1 aliphatic heterocycles. The number of fused-ring (bicyclic) bond motifs is 1. The molecule has 20 heavy (non-hydrogen) atoms. The Morgan fingerprint density at radius 3 is 3.10 bits per heavy atom. The number of rotatable bonds is 5. The van der Waals surface area contributed by atoms with Crippen LogP contribution in [0.2, 0.25) is 0 Å². The maximum absolute atomic E-state index is 5.88. The molecule has 106 valence electrons. The Labute approximate surface area is 118 Å². The molecular formula is C15H20N4O. The summed E-state index contributed by atoms with van der Waals surface area (Å²) in [6.07, 6.45) is 4.55. The number of aromatic nitrogens is 3. The average Bonchev–Trinajstić information content (AvgIpc) is 2.99. The molecule has 0 unspecified atom stereocenters. The van der Waals surface area contributed by atoms with E-state index in [1.54, 1.807) is 6.20 Å². The van der Waals surface area contributed by atoms with E-state index in [-0.39, 0.29) is 5.60 Å². The van der Waals surface area contributed by atoms with Crippen molar-refractivity contribution in [2.45, 2.75) is 39.0 Å². The molecule has 0 bridgehead atoms. The third-order valence-electron chi connectivity index (χ3n) is 3.45. The van der Waals surface area contributed by atoms with Gasteiger partial charge in [0.25, 0.3) is 0 Å². The van der Waals surface area contributed by atoms with E-state index in [4.69, 9.17) is 4.74 Å². The molecule has 0 amide bonds. The molecule has 3 rings (SSSR count). The first kappa shape index (κ1) is 13.1. The van der Waals surface area contributed by atoms with Gasteiger partial charge in [-0.15, -0.1) is 5.10 Å². The van der Waals surface area contributed by atoms with Crippen molar-refractivity contribution in [1.29, 1.82) is 0 Å². The van der Waals surface area contributed by atoms with Crippen molar-refractivity contribution < 1.29 is 4.74 Å². The summed E-state index contributed by atoms with van der Waals surface area (Å²) >= 11 is 0. The highest BCUT2D eigenvalue weighted by Crippen LogP contribution is 2.35. The van der Waals surface area contributed by atoms with Crippen LogP contribution in [0, 0.1) is 0 Å². The van der Waals surface area contributed by atoms with Crippen LogP contribution in [0.1, 0.15) is 25.0 Å². The zero-order chi connectivity index (χ0) is 14.0. The van der Waals surface area contributed by atoms with E-state index >= 15 is 0 Å². The van der Waals surface area contributed by atoms with Gasteiger partial charge in [0, 0.05) is 25.7 Å². The minimum absolute atomic E-state index is 0.0680. The highest BCUT2D eigenvalue weighted by molar-refractivity contribution is 5.41. The highest BCUT2D eigenvalue weighted by Gasteiger charge is 2.29. The average molecular weight is 272 g/mol. The summed E-state index contributed by atoms with van der Waals surface area (Å²) in [5, 5.41) is 11.1. The van der Waals surface area contributed by atoms with E-state index in [1.165, 1.54) is 11.1 Å². The number of nitrogens with zero attached hydrogens (tertiary/aromatic N) is 3. The van der Waals surface area contributed by atoms with E-state index in [0.717, 1.165) is 31.8 Å². The number of hydrogen-bond donors (Lipinski definition) is 1. The molecule has 0 fully saturated rings. The smallest absolute Gasteiger partial charge is 0.123 e. The van der Waals surface area contributed by atoms with Crippen molar-refractivity contribution >= 4 is 0 Å². The zero-order valence-corrected chi connectivity index (χ0v) is 12.0. The van der Waals surface area contributed by atoms with Gasteiger partial charge in [0.05, 0.1) is 12.7 Å². The van der Waals surface area contributed by atoms with Gasteiger partial charge in [0.2, 0.25) is 0 Å². The zero-order valence-electron chi connectivity index (χ0n) is 12.0. The Morgan fingerprint density at radius 2 is 2.30 bits per heavy atom. The fraction of sp³-hybridized carbons (Fsp3) is 0.467. The van der Waals surface area contributed by atoms with E-state index in [2.05, 4.69) is 47.7 Å². The van der Waals surface area contributed by atoms with Gasteiger partial charge in [-0.1, -0.05) is 17.3 Å². The van der Waals surface area contributed by atoms with Crippen LogP contribution in [-0.2, 0) is 19.5 Å². The van der Waals surface area contributed by atoms with Crippen LogP contribution in [0.5, 0.6) is 5.75 Å². The molecule has 1 aliphatic rings. The standard InChI is InChI=1S/C15H20N4O/c1-15(2)10-13-9-12(3-4-14(13)20-15)11-16-5-7-19-8-6-17-18-19/h3-4,6,8-9,16H,5,7,10-11H2,1-2H3. The minimum atomic E-state index is -0.0680. The number of benzene rings is 1. The third-order valence-corrected chi connectivity index (χ3v) is 3.45. The Morgan fingerprint density at radius 1 is 1.40 bits per heavy atom. The third kappa shape index (κ3) is 2.99. The predicted octanol–water partition coefficient (Wildman–Crippen LogP) is 1.78. The molecule has 1 aromatic carbocycles. The van der Waals surface area contributed by atoms with Crippen molar-refractivity contribution in [1.82, 2.24) is 20.3 Å². The second-order valence-electron chi connectivity index (χ2n) is 5.82. The maximum Gasteiger partial charge on any atom is 0.123 e. The molecule has 0 aliphatic carbocycles. The van der Waals surface area contributed by atoms with Crippen LogP contribution in [-0.4, -0.2) is 27.1 Å². The number of ether oxygens (including phenoxy) is 1. The summed E-state index contributed by atoms with van der Waals surface area (Å²) in [4.78, 5) is 0. The molecule has 0 radical (unpaired) electrons.